The average Bonchev–Trinajstić information content (AvgIpc) is 2.97. The molecule has 152 valence electrons. The molecule has 1 N–H and O–H groups in total. The van der Waals surface area contributed by atoms with Gasteiger partial charge in [-0.1, -0.05) is 30.3 Å². The minimum Gasteiger partial charge on any atom is -0.496 e. The van der Waals surface area contributed by atoms with Gasteiger partial charge in [-0.25, -0.2) is 4.39 Å². The number of hydrogen-bond donors (Lipinski definition) is 1. The molecule has 7 heteroatoms. The Morgan fingerprint density at radius 2 is 1.76 bits per heavy atom. The Morgan fingerprint density at radius 1 is 1.07 bits per heavy atom. The van der Waals surface area contributed by atoms with Crippen molar-refractivity contribution >= 4 is 17.4 Å². The van der Waals surface area contributed by atoms with Crippen molar-refractivity contribution in [2.75, 3.05) is 33.9 Å². The molecule has 0 saturated carbocycles. The molecule has 2 aromatic rings. The number of para-hydroxylation sites is 1. The molecule has 3 rings (SSSR count). The highest BCUT2D eigenvalue weighted by Crippen LogP contribution is 2.35. The number of carbonyl (C=O) groups excluding carboxylic acids is 2. The lowest BCUT2D eigenvalue weighted by Gasteiger charge is -2.20. The van der Waals surface area contributed by atoms with Crippen LogP contribution in [0.5, 0.6) is 5.75 Å². The summed E-state index contributed by atoms with van der Waals surface area (Å²) in [6.45, 7) is 0.216. The monoisotopic (exact) mass is 398 g/mol. The van der Waals surface area contributed by atoms with Crippen LogP contribution in [0.25, 0.3) is 5.57 Å². The summed E-state index contributed by atoms with van der Waals surface area (Å²) in [7, 11) is 3.17. The third-order valence-electron chi connectivity index (χ3n) is 4.87. The van der Waals surface area contributed by atoms with Crippen molar-refractivity contribution in [2.24, 2.45) is 0 Å². The minimum atomic E-state index is -0.422. The molecule has 2 aromatic carbocycles. The summed E-state index contributed by atoms with van der Waals surface area (Å²) in [6.07, 6.45) is 0.411. The van der Waals surface area contributed by atoms with Crippen LogP contribution < -0.4 is 4.74 Å². The van der Waals surface area contributed by atoms with Gasteiger partial charge in [0.15, 0.2) is 0 Å². The Kier molecular flexibility index (Phi) is 6.29. The number of aliphatic hydroxyl groups excluding tert-OH is 1. The van der Waals surface area contributed by atoms with Crippen LogP contribution in [0.4, 0.5) is 4.39 Å². The van der Waals surface area contributed by atoms with E-state index in [9.17, 15) is 19.1 Å². The maximum Gasteiger partial charge on any atom is 0.277 e. The quantitative estimate of drug-likeness (QED) is 0.690. The molecule has 0 atom stereocenters. The van der Waals surface area contributed by atoms with Crippen LogP contribution in [0.3, 0.4) is 0 Å². The molecule has 0 aliphatic carbocycles. The summed E-state index contributed by atoms with van der Waals surface area (Å²) in [6, 6.07) is 13.0. The minimum absolute atomic E-state index is 0.156. The second-order valence-electron chi connectivity index (χ2n) is 6.71. The third kappa shape index (κ3) is 4.14. The zero-order valence-electron chi connectivity index (χ0n) is 16.4. The predicted octanol–water partition coefficient (Wildman–Crippen LogP) is 2.08. The SMILES string of the molecule is COc1ccccc1C1=C(N(C)CCO)C(=O)N(CCc2ccc(F)cc2)C1=O. The van der Waals surface area contributed by atoms with E-state index in [1.54, 1.807) is 48.3 Å². The molecular weight excluding hydrogens is 375 g/mol. The Balaban J connectivity index is 1.95. The second kappa shape index (κ2) is 8.87. The van der Waals surface area contributed by atoms with Crippen LogP contribution in [0.1, 0.15) is 11.1 Å². The van der Waals surface area contributed by atoms with Crippen molar-refractivity contribution < 1.29 is 23.8 Å². The molecule has 0 bridgehead atoms. The highest BCUT2D eigenvalue weighted by atomic mass is 19.1. The number of hydrogen-bond acceptors (Lipinski definition) is 5. The van der Waals surface area contributed by atoms with Gasteiger partial charge in [0.05, 0.1) is 19.3 Å². The van der Waals surface area contributed by atoms with E-state index >= 15 is 0 Å². The first-order chi connectivity index (χ1) is 14.0. The van der Waals surface area contributed by atoms with Crippen LogP contribution in [0, 0.1) is 5.82 Å². The highest BCUT2D eigenvalue weighted by molar-refractivity contribution is 6.36. The topological polar surface area (TPSA) is 70.1 Å². The number of carbonyl (C=O) groups is 2. The lowest BCUT2D eigenvalue weighted by atomic mass is 10.0. The first-order valence-corrected chi connectivity index (χ1v) is 9.28. The Labute approximate surface area is 168 Å². The van der Waals surface area contributed by atoms with Gasteiger partial charge in [-0.05, 0) is 30.2 Å². The molecular formula is C22H23FN2O4. The number of halogens is 1. The van der Waals surface area contributed by atoms with Crippen LogP contribution in [0.2, 0.25) is 0 Å². The van der Waals surface area contributed by atoms with Crippen LogP contribution in [-0.2, 0) is 16.0 Å². The van der Waals surface area contributed by atoms with E-state index in [2.05, 4.69) is 0 Å². The number of imide groups is 1. The molecule has 6 nitrogen and oxygen atoms in total. The molecule has 0 radical (unpaired) electrons. The Morgan fingerprint density at radius 3 is 2.41 bits per heavy atom. The molecule has 29 heavy (non-hydrogen) atoms. The Hall–Kier alpha value is -3.19. The Bertz CT molecular complexity index is 940. The molecule has 0 spiro atoms. The first-order valence-electron chi connectivity index (χ1n) is 9.28. The molecule has 0 fully saturated rings. The molecule has 0 aromatic heterocycles. The highest BCUT2D eigenvalue weighted by Gasteiger charge is 2.41. The van der Waals surface area contributed by atoms with Crippen LogP contribution in [-0.4, -0.2) is 60.6 Å². The van der Waals surface area contributed by atoms with Gasteiger partial charge in [0.25, 0.3) is 11.8 Å². The third-order valence-corrected chi connectivity index (χ3v) is 4.87. The predicted molar refractivity (Wildman–Crippen MR) is 106 cm³/mol. The van der Waals surface area contributed by atoms with Crippen LogP contribution >= 0.6 is 0 Å². The molecule has 1 heterocycles. The van der Waals surface area contributed by atoms with Gasteiger partial charge < -0.3 is 14.7 Å². The average molecular weight is 398 g/mol. The standard InChI is InChI=1S/C22H23FN2O4/c1-24(13-14-26)20-19(17-5-3-4-6-18(17)29-2)21(27)25(22(20)28)12-11-15-7-9-16(23)10-8-15/h3-10,26H,11-14H2,1-2H3. The van der Waals surface area contributed by atoms with E-state index in [1.807, 2.05) is 0 Å². The van der Waals surface area contributed by atoms with Gasteiger partial charge in [-0.3, -0.25) is 14.5 Å². The summed E-state index contributed by atoms with van der Waals surface area (Å²) >= 11 is 0. The summed E-state index contributed by atoms with van der Waals surface area (Å²) in [5.41, 5.74) is 1.83. The van der Waals surface area contributed by atoms with Crippen molar-refractivity contribution in [3.8, 4) is 5.75 Å². The number of rotatable bonds is 8. The van der Waals surface area contributed by atoms with Gasteiger partial charge in [0.1, 0.15) is 17.3 Å². The summed E-state index contributed by atoms with van der Waals surface area (Å²) < 4.78 is 18.5. The van der Waals surface area contributed by atoms with Crippen molar-refractivity contribution in [3.05, 3.63) is 71.2 Å². The zero-order chi connectivity index (χ0) is 21.0. The molecule has 0 saturated heterocycles. The van der Waals surface area contributed by atoms with E-state index in [0.717, 1.165) is 5.56 Å². The summed E-state index contributed by atoms with van der Waals surface area (Å²) in [4.78, 5) is 29.1. The van der Waals surface area contributed by atoms with Gasteiger partial charge >= 0.3 is 0 Å². The number of aliphatic hydroxyl groups is 1. The molecule has 2 amide bonds. The number of methoxy groups -OCH3 is 1. The first kappa shape index (κ1) is 20.5. The van der Waals surface area contributed by atoms with E-state index < -0.39 is 11.8 Å². The fourth-order valence-corrected chi connectivity index (χ4v) is 3.37. The van der Waals surface area contributed by atoms with Crippen molar-refractivity contribution in [2.45, 2.75) is 6.42 Å². The smallest absolute Gasteiger partial charge is 0.277 e. The zero-order valence-corrected chi connectivity index (χ0v) is 16.4. The largest absolute Gasteiger partial charge is 0.496 e. The fourth-order valence-electron chi connectivity index (χ4n) is 3.37. The molecule has 1 aliphatic heterocycles. The van der Waals surface area contributed by atoms with E-state index in [1.165, 1.54) is 24.1 Å². The van der Waals surface area contributed by atoms with Crippen LogP contribution in [0.15, 0.2) is 54.2 Å². The number of amides is 2. The van der Waals surface area contributed by atoms with E-state index in [-0.39, 0.29) is 36.8 Å². The van der Waals surface area contributed by atoms with Gasteiger partial charge in [-0.15, -0.1) is 0 Å². The van der Waals surface area contributed by atoms with Gasteiger partial charge in [0, 0.05) is 25.7 Å². The maximum absolute atomic E-state index is 13.2. The number of benzene rings is 2. The number of likely N-dealkylation sites (N-methyl/N-ethyl adjacent to an activating group) is 1. The van der Waals surface area contributed by atoms with Crippen molar-refractivity contribution in [1.29, 1.82) is 0 Å². The normalized spacial score (nSPS) is 14.0. The van der Waals surface area contributed by atoms with Gasteiger partial charge in [-0.2, -0.15) is 0 Å². The van der Waals surface area contributed by atoms with E-state index in [0.29, 0.717) is 17.7 Å². The molecule has 1 aliphatic rings. The summed E-state index contributed by atoms with van der Waals surface area (Å²) in [5, 5.41) is 9.32. The van der Waals surface area contributed by atoms with Crippen molar-refractivity contribution in [3.63, 3.8) is 0 Å². The lowest BCUT2D eigenvalue weighted by molar-refractivity contribution is -0.137. The second-order valence-corrected chi connectivity index (χ2v) is 6.71. The van der Waals surface area contributed by atoms with Gasteiger partial charge in [0.2, 0.25) is 0 Å². The molecule has 0 unspecified atom stereocenters. The van der Waals surface area contributed by atoms with E-state index in [4.69, 9.17) is 4.74 Å². The number of ether oxygens (including phenoxy) is 1. The van der Waals surface area contributed by atoms with Crippen molar-refractivity contribution in [1.82, 2.24) is 9.80 Å². The number of nitrogens with zero attached hydrogens (tertiary/aromatic N) is 2. The fraction of sp³-hybridized carbons (Fsp3) is 0.273. The lowest BCUT2D eigenvalue weighted by Crippen LogP contribution is -2.36. The summed E-state index contributed by atoms with van der Waals surface area (Å²) in [5.74, 6) is -0.690. The maximum atomic E-state index is 13.2.